The number of rotatable bonds is 5. The molecule has 2 rings (SSSR count). The lowest BCUT2D eigenvalue weighted by molar-refractivity contribution is 0.0822. The van der Waals surface area contributed by atoms with Gasteiger partial charge in [0.05, 0.1) is 7.11 Å². The van der Waals surface area contributed by atoms with Crippen LogP contribution in [-0.2, 0) is 6.42 Å². The zero-order valence-corrected chi connectivity index (χ0v) is 17.6. The Kier molecular flexibility index (Phi) is 9.96. The van der Waals surface area contributed by atoms with E-state index in [9.17, 15) is 4.79 Å². The molecule has 144 valence electrons. The Labute approximate surface area is 171 Å². The first kappa shape index (κ1) is 24.5. The number of nitrogens with zero attached hydrogens (tertiary/aromatic N) is 2. The van der Waals surface area contributed by atoms with Gasteiger partial charge in [-0.1, -0.05) is 17.7 Å². The second-order valence-electron chi connectivity index (χ2n) is 5.72. The number of nitrogens with two attached hydrogens (primary N) is 1. The third-order valence-corrected chi connectivity index (χ3v) is 4.24. The summed E-state index contributed by atoms with van der Waals surface area (Å²) in [6, 6.07) is 5.46. The number of carbonyl (C=O) groups is 1. The van der Waals surface area contributed by atoms with Gasteiger partial charge >= 0.3 is 0 Å². The van der Waals surface area contributed by atoms with Crippen molar-refractivity contribution in [2.45, 2.75) is 13.3 Å². The van der Waals surface area contributed by atoms with Gasteiger partial charge in [0.25, 0.3) is 5.91 Å². The van der Waals surface area contributed by atoms with E-state index < -0.39 is 0 Å². The molecule has 0 atom stereocenters. The second kappa shape index (κ2) is 10.6. The first-order valence-corrected chi connectivity index (χ1v) is 8.02. The van der Waals surface area contributed by atoms with E-state index in [4.69, 9.17) is 22.1 Å². The standard InChI is InChI=1S/C18H22ClN3O2.2ClH/c1-11-14(19)9-12(7-8-20)17(24-4)16(11)13-5-6-15(21-10-13)18(23)22(2)3;;/h5-6,9-10H,7-8,20H2,1-4H3;2*1H. The summed E-state index contributed by atoms with van der Waals surface area (Å²) in [6.07, 6.45) is 2.34. The summed E-state index contributed by atoms with van der Waals surface area (Å²) in [5, 5.41) is 0.655. The van der Waals surface area contributed by atoms with Crippen molar-refractivity contribution in [2.24, 2.45) is 5.73 Å². The molecule has 0 saturated carbocycles. The lowest BCUT2D eigenvalue weighted by Gasteiger charge is -2.18. The lowest BCUT2D eigenvalue weighted by Crippen LogP contribution is -2.22. The smallest absolute Gasteiger partial charge is 0.271 e. The average Bonchev–Trinajstić information content (AvgIpc) is 2.57. The van der Waals surface area contributed by atoms with Crippen molar-refractivity contribution in [1.82, 2.24) is 9.88 Å². The van der Waals surface area contributed by atoms with Crippen molar-refractivity contribution in [2.75, 3.05) is 27.7 Å². The molecular formula is C18H24Cl3N3O2. The van der Waals surface area contributed by atoms with Crippen LogP contribution in [0.4, 0.5) is 0 Å². The first-order valence-electron chi connectivity index (χ1n) is 7.64. The molecular weight excluding hydrogens is 397 g/mol. The predicted molar refractivity (Wildman–Crippen MR) is 111 cm³/mol. The minimum atomic E-state index is -0.139. The summed E-state index contributed by atoms with van der Waals surface area (Å²) in [5.41, 5.74) is 9.67. The summed E-state index contributed by atoms with van der Waals surface area (Å²) in [7, 11) is 5.02. The molecule has 0 aliphatic carbocycles. The van der Waals surface area contributed by atoms with Crippen molar-refractivity contribution in [3.05, 3.63) is 46.2 Å². The number of methoxy groups -OCH3 is 1. The van der Waals surface area contributed by atoms with Gasteiger partial charge < -0.3 is 15.4 Å². The summed E-state index contributed by atoms with van der Waals surface area (Å²) in [6.45, 7) is 2.44. The first-order chi connectivity index (χ1) is 11.4. The molecule has 0 aliphatic rings. The summed E-state index contributed by atoms with van der Waals surface area (Å²) in [4.78, 5) is 17.8. The van der Waals surface area contributed by atoms with Crippen molar-refractivity contribution >= 4 is 42.3 Å². The summed E-state index contributed by atoms with van der Waals surface area (Å²) >= 11 is 6.38. The maximum atomic E-state index is 12.0. The minimum Gasteiger partial charge on any atom is -0.496 e. The highest BCUT2D eigenvalue weighted by atomic mass is 35.5. The summed E-state index contributed by atoms with van der Waals surface area (Å²) < 4.78 is 5.62. The van der Waals surface area contributed by atoms with E-state index in [1.54, 1.807) is 33.5 Å². The van der Waals surface area contributed by atoms with Crippen LogP contribution in [0.1, 0.15) is 21.6 Å². The van der Waals surface area contributed by atoms with E-state index in [0.717, 1.165) is 28.0 Å². The Morgan fingerprint density at radius 1 is 1.31 bits per heavy atom. The number of hydrogen-bond donors (Lipinski definition) is 1. The molecule has 0 aliphatic heterocycles. The highest BCUT2D eigenvalue weighted by molar-refractivity contribution is 6.32. The van der Waals surface area contributed by atoms with Crippen LogP contribution >= 0.6 is 36.4 Å². The van der Waals surface area contributed by atoms with Gasteiger partial charge in [0, 0.05) is 36.4 Å². The van der Waals surface area contributed by atoms with Gasteiger partial charge in [-0.2, -0.15) is 0 Å². The Morgan fingerprint density at radius 3 is 2.42 bits per heavy atom. The van der Waals surface area contributed by atoms with Gasteiger partial charge in [0.2, 0.25) is 0 Å². The normalized spacial score (nSPS) is 9.77. The van der Waals surface area contributed by atoms with Crippen molar-refractivity contribution in [1.29, 1.82) is 0 Å². The molecule has 0 bridgehead atoms. The fraction of sp³-hybridized carbons (Fsp3) is 0.333. The van der Waals surface area contributed by atoms with Crippen LogP contribution in [-0.4, -0.2) is 43.5 Å². The second-order valence-corrected chi connectivity index (χ2v) is 6.13. The van der Waals surface area contributed by atoms with Crippen molar-refractivity contribution in [3.8, 4) is 16.9 Å². The molecule has 2 aromatic rings. The number of pyridine rings is 1. The van der Waals surface area contributed by atoms with Gasteiger partial charge in [0.15, 0.2) is 0 Å². The molecule has 1 amide bonds. The van der Waals surface area contributed by atoms with E-state index in [2.05, 4.69) is 4.98 Å². The average molecular weight is 421 g/mol. The molecule has 1 heterocycles. The zero-order chi connectivity index (χ0) is 17.9. The van der Waals surface area contributed by atoms with Gasteiger partial charge in [-0.3, -0.25) is 9.78 Å². The van der Waals surface area contributed by atoms with Crippen LogP contribution < -0.4 is 10.5 Å². The van der Waals surface area contributed by atoms with Crippen LogP contribution in [0.2, 0.25) is 5.02 Å². The minimum absolute atomic E-state index is 0. The van der Waals surface area contributed by atoms with Gasteiger partial charge in [-0.15, -0.1) is 24.8 Å². The number of halogens is 3. The van der Waals surface area contributed by atoms with Crippen molar-refractivity contribution < 1.29 is 9.53 Å². The molecule has 26 heavy (non-hydrogen) atoms. The number of carbonyl (C=O) groups excluding carboxylic acids is 1. The largest absolute Gasteiger partial charge is 0.496 e. The molecule has 0 radical (unpaired) electrons. The van der Waals surface area contributed by atoms with E-state index in [1.807, 2.05) is 19.1 Å². The van der Waals surface area contributed by atoms with Gasteiger partial charge in [-0.25, -0.2) is 0 Å². The Hall–Kier alpha value is -1.53. The molecule has 2 N–H and O–H groups in total. The number of amides is 1. The Morgan fingerprint density at radius 2 is 1.96 bits per heavy atom. The maximum absolute atomic E-state index is 12.0. The number of hydrogen-bond acceptors (Lipinski definition) is 4. The Bertz CT molecular complexity index is 750. The molecule has 8 heteroatoms. The van der Waals surface area contributed by atoms with Crippen molar-refractivity contribution in [3.63, 3.8) is 0 Å². The van der Waals surface area contributed by atoms with Crippen LogP contribution in [0.3, 0.4) is 0 Å². The number of aromatic nitrogens is 1. The highest BCUT2D eigenvalue weighted by Gasteiger charge is 2.18. The van der Waals surface area contributed by atoms with Crippen LogP contribution in [0.25, 0.3) is 11.1 Å². The van der Waals surface area contributed by atoms with Crippen LogP contribution in [0.15, 0.2) is 24.4 Å². The quantitative estimate of drug-likeness (QED) is 0.799. The molecule has 0 fully saturated rings. The third kappa shape index (κ3) is 5.01. The van der Waals surface area contributed by atoms with Gasteiger partial charge in [-0.05, 0) is 43.1 Å². The van der Waals surface area contributed by atoms with E-state index >= 15 is 0 Å². The van der Waals surface area contributed by atoms with Crippen LogP contribution in [0, 0.1) is 6.92 Å². The molecule has 0 unspecified atom stereocenters. The predicted octanol–water partition coefficient (Wildman–Crippen LogP) is 3.77. The van der Waals surface area contributed by atoms with E-state index in [-0.39, 0.29) is 30.7 Å². The fourth-order valence-corrected chi connectivity index (χ4v) is 2.82. The zero-order valence-electron chi connectivity index (χ0n) is 15.2. The lowest BCUT2D eigenvalue weighted by atomic mass is 9.96. The van der Waals surface area contributed by atoms with E-state index in [1.165, 1.54) is 4.90 Å². The molecule has 5 nitrogen and oxygen atoms in total. The molecule has 1 aromatic carbocycles. The molecule has 0 spiro atoms. The third-order valence-electron chi connectivity index (χ3n) is 3.85. The van der Waals surface area contributed by atoms with Gasteiger partial charge in [0.1, 0.15) is 11.4 Å². The number of ether oxygens (including phenoxy) is 1. The number of benzene rings is 1. The SMILES string of the molecule is COc1c(CCN)cc(Cl)c(C)c1-c1ccc(C(=O)N(C)C)nc1.Cl.Cl. The Balaban J connectivity index is 0.00000312. The molecule has 0 saturated heterocycles. The topological polar surface area (TPSA) is 68.5 Å². The van der Waals surface area contributed by atoms with Crippen LogP contribution in [0.5, 0.6) is 5.75 Å². The highest BCUT2D eigenvalue weighted by Crippen LogP contribution is 2.39. The maximum Gasteiger partial charge on any atom is 0.271 e. The molecule has 1 aromatic heterocycles. The monoisotopic (exact) mass is 419 g/mol. The fourth-order valence-electron chi connectivity index (χ4n) is 2.60. The van der Waals surface area contributed by atoms with E-state index in [0.29, 0.717) is 23.7 Å². The summed E-state index contributed by atoms with van der Waals surface area (Å²) in [5.74, 6) is 0.607.